The average molecular weight is 390 g/mol. The third-order valence-corrected chi connectivity index (χ3v) is 6.36. The third kappa shape index (κ3) is 3.63. The molecule has 0 aliphatic carbocycles. The van der Waals surface area contributed by atoms with Gasteiger partial charge in [0.15, 0.2) is 0 Å². The van der Waals surface area contributed by atoms with Gasteiger partial charge in [0, 0.05) is 5.69 Å². The quantitative estimate of drug-likeness (QED) is 0.818. The molecule has 0 bridgehead atoms. The van der Waals surface area contributed by atoms with Crippen LogP contribution in [0.5, 0.6) is 0 Å². The number of hydrogen-bond acceptors (Lipinski definition) is 4. The zero-order valence-electron chi connectivity index (χ0n) is 11.0. The normalized spacial score (nSPS) is 11.3. The van der Waals surface area contributed by atoms with Crippen molar-refractivity contribution in [3.05, 3.63) is 44.6 Å². The van der Waals surface area contributed by atoms with Gasteiger partial charge in [-0.15, -0.1) is 11.3 Å². The summed E-state index contributed by atoms with van der Waals surface area (Å²) >= 11 is 3.96. The molecule has 0 spiro atoms. The van der Waals surface area contributed by atoms with Crippen LogP contribution in [0.2, 0.25) is 0 Å². The number of halogens is 1. The molecule has 0 radical (unpaired) electrons. The number of nitrogens with one attached hydrogen (secondary N) is 1. The number of carboxylic acid groups (broad SMARTS) is 1. The highest BCUT2D eigenvalue weighted by atomic mass is 79.9. The van der Waals surface area contributed by atoms with Gasteiger partial charge in [-0.2, -0.15) is 0 Å². The molecule has 5 nitrogen and oxygen atoms in total. The van der Waals surface area contributed by atoms with Crippen molar-refractivity contribution in [2.24, 2.45) is 0 Å². The van der Waals surface area contributed by atoms with E-state index in [1.807, 2.05) is 13.0 Å². The van der Waals surface area contributed by atoms with Gasteiger partial charge < -0.3 is 5.11 Å². The summed E-state index contributed by atoms with van der Waals surface area (Å²) in [6.07, 6.45) is 0.793. The Bertz CT molecular complexity index is 783. The Hall–Kier alpha value is -1.38. The lowest BCUT2D eigenvalue weighted by Gasteiger charge is -2.08. The molecule has 8 heteroatoms. The molecule has 1 aromatic carbocycles. The minimum absolute atomic E-state index is 0.0374. The molecule has 0 aliphatic rings. The van der Waals surface area contributed by atoms with E-state index in [4.69, 9.17) is 5.11 Å². The molecule has 2 rings (SSSR count). The number of benzene rings is 1. The van der Waals surface area contributed by atoms with Crippen LogP contribution in [0.1, 0.15) is 22.2 Å². The summed E-state index contributed by atoms with van der Waals surface area (Å²) in [5, 5.41) is 8.92. The molecule has 0 unspecified atom stereocenters. The van der Waals surface area contributed by atoms with E-state index in [1.54, 1.807) is 18.2 Å². The summed E-state index contributed by atoms with van der Waals surface area (Å²) in [5.74, 6) is -1.16. The number of sulfonamides is 1. The van der Waals surface area contributed by atoms with E-state index in [-0.39, 0.29) is 13.6 Å². The highest BCUT2D eigenvalue weighted by molar-refractivity contribution is 9.11. The molecular formula is C13H12BrNO4S2. The number of carboxylic acids is 1. The Balaban J connectivity index is 2.36. The van der Waals surface area contributed by atoms with Crippen LogP contribution in [0, 0.1) is 0 Å². The molecule has 0 saturated carbocycles. The maximum atomic E-state index is 12.3. The maximum Gasteiger partial charge on any atom is 0.345 e. The fourth-order valence-corrected chi connectivity index (χ4v) is 5.16. The summed E-state index contributed by atoms with van der Waals surface area (Å²) in [6, 6.07) is 8.21. The molecule has 0 atom stereocenters. The van der Waals surface area contributed by atoms with E-state index in [1.165, 1.54) is 0 Å². The first-order chi connectivity index (χ1) is 9.83. The number of carbonyl (C=O) groups is 1. The molecule has 0 fully saturated rings. The largest absolute Gasteiger partial charge is 0.477 e. The first-order valence-electron chi connectivity index (χ1n) is 5.98. The van der Waals surface area contributed by atoms with E-state index < -0.39 is 16.0 Å². The van der Waals surface area contributed by atoms with E-state index in [9.17, 15) is 13.2 Å². The molecule has 1 heterocycles. The third-order valence-electron chi connectivity index (χ3n) is 2.74. The number of thiophene rings is 1. The van der Waals surface area contributed by atoms with Crippen molar-refractivity contribution < 1.29 is 18.3 Å². The number of hydrogen-bond donors (Lipinski definition) is 2. The molecule has 0 amide bonds. The molecule has 112 valence electrons. The van der Waals surface area contributed by atoms with Gasteiger partial charge in [-0.05, 0) is 46.1 Å². The fourth-order valence-electron chi connectivity index (χ4n) is 1.71. The molecule has 1 aromatic heterocycles. The Morgan fingerprint density at radius 3 is 2.67 bits per heavy atom. The van der Waals surface area contributed by atoms with Crippen molar-refractivity contribution in [3.8, 4) is 0 Å². The molecule has 21 heavy (non-hydrogen) atoms. The molecule has 2 N–H and O–H groups in total. The van der Waals surface area contributed by atoms with Gasteiger partial charge in [-0.1, -0.05) is 19.1 Å². The minimum Gasteiger partial charge on any atom is -0.477 e. The summed E-state index contributed by atoms with van der Waals surface area (Å²) in [4.78, 5) is 10.8. The monoisotopic (exact) mass is 389 g/mol. The second kappa shape index (κ2) is 6.17. The molecule has 2 aromatic rings. The van der Waals surface area contributed by atoms with Gasteiger partial charge in [0.05, 0.1) is 3.79 Å². The van der Waals surface area contributed by atoms with E-state index >= 15 is 0 Å². The van der Waals surface area contributed by atoms with Crippen LogP contribution in [-0.2, 0) is 16.4 Å². The van der Waals surface area contributed by atoms with Crippen molar-refractivity contribution in [1.82, 2.24) is 0 Å². The SMILES string of the molecule is CCc1cccc(NS(=O)(=O)c2cc(C(=O)O)sc2Br)c1. The summed E-state index contributed by atoms with van der Waals surface area (Å²) in [6.45, 7) is 1.97. The lowest BCUT2D eigenvalue weighted by molar-refractivity contribution is 0.0702. The van der Waals surface area contributed by atoms with Gasteiger partial charge >= 0.3 is 5.97 Å². The van der Waals surface area contributed by atoms with Crippen molar-refractivity contribution >= 4 is 48.9 Å². The van der Waals surface area contributed by atoms with E-state index in [0.717, 1.165) is 29.4 Å². The van der Waals surface area contributed by atoms with Crippen LogP contribution < -0.4 is 4.72 Å². The molecule has 0 aliphatic heterocycles. The predicted molar refractivity (Wildman–Crippen MR) is 85.6 cm³/mol. The predicted octanol–water partition coefficient (Wildman–Crippen LogP) is 3.57. The van der Waals surface area contributed by atoms with Crippen LogP contribution >= 0.6 is 27.3 Å². The van der Waals surface area contributed by atoms with Gasteiger partial charge in [-0.3, -0.25) is 4.72 Å². The number of anilines is 1. The first-order valence-corrected chi connectivity index (χ1v) is 9.07. The van der Waals surface area contributed by atoms with Crippen molar-refractivity contribution in [2.45, 2.75) is 18.2 Å². The van der Waals surface area contributed by atoms with Crippen LogP contribution in [0.25, 0.3) is 0 Å². The highest BCUT2D eigenvalue weighted by Gasteiger charge is 2.23. The van der Waals surface area contributed by atoms with E-state index in [0.29, 0.717) is 5.69 Å². The summed E-state index contributed by atoms with van der Waals surface area (Å²) in [7, 11) is -3.83. The second-order valence-electron chi connectivity index (χ2n) is 4.21. The van der Waals surface area contributed by atoms with Crippen molar-refractivity contribution in [3.63, 3.8) is 0 Å². The van der Waals surface area contributed by atoms with Crippen molar-refractivity contribution in [2.75, 3.05) is 4.72 Å². The Kier molecular flexibility index (Phi) is 4.70. The smallest absolute Gasteiger partial charge is 0.345 e. The zero-order valence-corrected chi connectivity index (χ0v) is 14.2. The van der Waals surface area contributed by atoms with Crippen LogP contribution in [0.15, 0.2) is 39.0 Å². The van der Waals surface area contributed by atoms with Crippen LogP contribution in [0.3, 0.4) is 0 Å². The second-order valence-corrected chi connectivity index (χ2v) is 8.23. The number of rotatable bonds is 5. The lowest BCUT2D eigenvalue weighted by atomic mass is 10.1. The van der Waals surface area contributed by atoms with Gasteiger partial charge in [0.25, 0.3) is 10.0 Å². The highest BCUT2D eigenvalue weighted by Crippen LogP contribution is 2.32. The Morgan fingerprint density at radius 2 is 2.10 bits per heavy atom. The molecular weight excluding hydrogens is 378 g/mol. The zero-order chi connectivity index (χ0) is 15.6. The average Bonchev–Trinajstić information content (AvgIpc) is 2.81. The number of aromatic carboxylic acids is 1. The van der Waals surface area contributed by atoms with E-state index in [2.05, 4.69) is 20.7 Å². The van der Waals surface area contributed by atoms with Crippen LogP contribution in [-0.4, -0.2) is 19.5 Å². The van der Waals surface area contributed by atoms with Gasteiger partial charge in [0.2, 0.25) is 0 Å². The lowest BCUT2D eigenvalue weighted by Crippen LogP contribution is -2.12. The first kappa shape index (κ1) is 16.0. The van der Waals surface area contributed by atoms with Gasteiger partial charge in [0.1, 0.15) is 9.77 Å². The number of aryl methyl sites for hydroxylation is 1. The summed E-state index contributed by atoms with van der Waals surface area (Å²) in [5.41, 5.74) is 1.45. The van der Waals surface area contributed by atoms with Crippen LogP contribution in [0.4, 0.5) is 5.69 Å². The minimum atomic E-state index is -3.83. The topological polar surface area (TPSA) is 83.5 Å². The van der Waals surface area contributed by atoms with Crippen molar-refractivity contribution in [1.29, 1.82) is 0 Å². The summed E-state index contributed by atoms with van der Waals surface area (Å²) < 4.78 is 27.4. The van der Waals surface area contributed by atoms with Gasteiger partial charge in [-0.25, -0.2) is 13.2 Å². The Morgan fingerprint density at radius 1 is 1.38 bits per heavy atom. The fraction of sp³-hybridized carbons (Fsp3) is 0.154. The standard InChI is InChI=1S/C13H12BrNO4S2/c1-2-8-4-3-5-9(6-8)15-21(18,19)11-7-10(13(16)17)20-12(11)14/h3-7,15H,2H2,1H3,(H,16,17). The molecule has 0 saturated heterocycles. The Labute approximate surface area is 134 Å². The maximum absolute atomic E-state index is 12.3.